The summed E-state index contributed by atoms with van der Waals surface area (Å²) >= 11 is 7.52. The zero-order valence-corrected chi connectivity index (χ0v) is 19.9. The van der Waals surface area contributed by atoms with Crippen molar-refractivity contribution in [3.63, 3.8) is 0 Å². The SMILES string of the molecule is CSCCC(NC(=O)c1ccc([N+](=O)[O-])cc1Cl)C(=O)OCc1cc(=O)oc2cc(C)ccc12. The van der Waals surface area contributed by atoms with Crippen LogP contribution in [0.25, 0.3) is 11.0 Å². The van der Waals surface area contributed by atoms with Crippen molar-refractivity contribution in [2.24, 2.45) is 0 Å². The second-order valence-corrected chi connectivity index (χ2v) is 8.82. The zero-order chi connectivity index (χ0) is 24.8. The number of nitro benzene ring substituents is 1. The van der Waals surface area contributed by atoms with Crippen LogP contribution < -0.4 is 10.9 Å². The number of nitro groups is 1. The van der Waals surface area contributed by atoms with Crippen molar-refractivity contribution in [3.05, 3.63) is 84.7 Å². The van der Waals surface area contributed by atoms with E-state index in [0.717, 1.165) is 17.7 Å². The fourth-order valence-corrected chi connectivity index (χ4v) is 3.96. The number of nitrogens with zero attached hydrogens (tertiary/aromatic N) is 1. The van der Waals surface area contributed by atoms with Crippen LogP contribution in [-0.2, 0) is 16.1 Å². The number of benzene rings is 2. The van der Waals surface area contributed by atoms with E-state index in [-0.39, 0.29) is 29.3 Å². The molecular formula is C23H21ClN2O7S. The number of rotatable bonds is 9. The summed E-state index contributed by atoms with van der Waals surface area (Å²) in [5, 5.41) is 14.0. The van der Waals surface area contributed by atoms with Gasteiger partial charge >= 0.3 is 11.6 Å². The van der Waals surface area contributed by atoms with E-state index in [1.54, 1.807) is 12.1 Å². The summed E-state index contributed by atoms with van der Waals surface area (Å²) in [4.78, 5) is 47.7. The van der Waals surface area contributed by atoms with E-state index in [1.165, 1.54) is 23.9 Å². The Labute approximate surface area is 203 Å². The van der Waals surface area contributed by atoms with E-state index in [2.05, 4.69) is 5.32 Å². The first-order chi connectivity index (χ1) is 16.2. The first kappa shape index (κ1) is 25.3. The lowest BCUT2D eigenvalue weighted by atomic mass is 10.1. The Bertz CT molecular complexity index is 1310. The predicted molar refractivity (Wildman–Crippen MR) is 129 cm³/mol. The van der Waals surface area contributed by atoms with Gasteiger partial charge in [-0.3, -0.25) is 14.9 Å². The first-order valence-electron chi connectivity index (χ1n) is 10.1. The molecule has 1 N–H and O–H groups in total. The minimum absolute atomic E-state index is 0.00347. The molecule has 0 saturated carbocycles. The highest BCUT2D eigenvalue weighted by atomic mass is 35.5. The van der Waals surface area contributed by atoms with E-state index >= 15 is 0 Å². The molecule has 34 heavy (non-hydrogen) atoms. The van der Waals surface area contributed by atoms with E-state index in [0.29, 0.717) is 22.3 Å². The van der Waals surface area contributed by atoms with Gasteiger partial charge in [0.2, 0.25) is 0 Å². The van der Waals surface area contributed by atoms with Gasteiger partial charge < -0.3 is 14.5 Å². The number of thioether (sulfide) groups is 1. The van der Waals surface area contributed by atoms with Crippen molar-refractivity contribution < 1.29 is 23.7 Å². The van der Waals surface area contributed by atoms with Crippen LogP contribution in [-0.4, -0.2) is 34.9 Å². The van der Waals surface area contributed by atoms with Crippen molar-refractivity contribution in [1.82, 2.24) is 5.32 Å². The molecule has 178 valence electrons. The summed E-state index contributed by atoms with van der Waals surface area (Å²) in [6, 6.07) is 9.07. The van der Waals surface area contributed by atoms with Gasteiger partial charge in [-0.25, -0.2) is 9.59 Å². The van der Waals surface area contributed by atoms with Crippen LogP contribution >= 0.6 is 23.4 Å². The average Bonchev–Trinajstić information content (AvgIpc) is 2.79. The van der Waals surface area contributed by atoms with Crippen molar-refractivity contribution in [1.29, 1.82) is 0 Å². The van der Waals surface area contributed by atoms with Gasteiger partial charge in [0.15, 0.2) is 0 Å². The number of hydrogen-bond donors (Lipinski definition) is 1. The molecule has 0 aliphatic heterocycles. The second kappa shape index (κ2) is 11.2. The van der Waals surface area contributed by atoms with Crippen molar-refractivity contribution in [2.45, 2.75) is 26.0 Å². The first-order valence-corrected chi connectivity index (χ1v) is 11.9. The van der Waals surface area contributed by atoms with Crippen molar-refractivity contribution in [2.75, 3.05) is 12.0 Å². The number of carbonyl (C=O) groups excluding carboxylic acids is 2. The van der Waals surface area contributed by atoms with Crippen LogP contribution in [0.1, 0.15) is 27.9 Å². The Balaban J connectivity index is 1.76. The van der Waals surface area contributed by atoms with E-state index < -0.39 is 28.5 Å². The third-order valence-electron chi connectivity index (χ3n) is 4.96. The normalized spacial score (nSPS) is 11.7. The molecule has 1 atom stereocenters. The number of carbonyl (C=O) groups is 2. The van der Waals surface area contributed by atoms with E-state index in [1.807, 2.05) is 19.2 Å². The van der Waals surface area contributed by atoms with Gasteiger partial charge in [-0.2, -0.15) is 11.8 Å². The molecule has 3 aromatic rings. The van der Waals surface area contributed by atoms with Crippen LogP contribution in [0.2, 0.25) is 5.02 Å². The smallest absolute Gasteiger partial charge is 0.336 e. The van der Waals surface area contributed by atoms with E-state index in [9.17, 15) is 24.5 Å². The Kier molecular flexibility index (Phi) is 8.30. The summed E-state index contributed by atoms with van der Waals surface area (Å²) in [7, 11) is 0. The summed E-state index contributed by atoms with van der Waals surface area (Å²) in [6.07, 6.45) is 2.14. The predicted octanol–water partition coefficient (Wildman–Crippen LogP) is 4.26. The maximum absolute atomic E-state index is 12.8. The molecule has 11 heteroatoms. The fourth-order valence-electron chi connectivity index (χ4n) is 3.23. The van der Waals surface area contributed by atoms with Crippen LogP contribution in [0.5, 0.6) is 0 Å². The highest BCUT2D eigenvalue weighted by Gasteiger charge is 2.25. The molecule has 0 bridgehead atoms. The zero-order valence-electron chi connectivity index (χ0n) is 18.3. The highest BCUT2D eigenvalue weighted by molar-refractivity contribution is 7.98. The molecule has 2 aromatic carbocycles. The molecule has 1 amide bonds. The topological polar surface area (TPSA) is 129 Å². The molecule has 0 aliphatic rings. The van der Waals surface area contributed by atoms with Gasteiger partial charge in [-0.15, -0.1) is 0 Å². The molecule has 3 rings (SSSR count). The molecule has 0 spiro atoms. The quantitative estimate of drug-likeness (QED) is 0.198. The van der Waals surface area contributed by atoms with Gasteiger partial charge in [-0.05, 0) is 43.0 Å². The maximum atomic E-state index is 12.8. The average molecular weight is 505 g/mol. The summed E-state index contributed by atoms with van der Waals surface area (Å²) in [6.45, 7) is 1.68. The lowest BCUT2D eigenvalue weighted by Gasteiger charge is -2.18. The Morgan fingerprint density at radius 3 is 2.68 bits per heavy atom. The molecular weight excluding hydrogens is 484 g/mol. The lowest BCUT2D eigenvalue weighted by Crippen LogP contribution is -2.42. The van der Waals surface area contributed by atoms with Gasteiger partial charge in [0.25, 0.3) is 11.6 Å². The van der Waals surface area contributed by atoms with Crippen molar-refractivity contribution >= 4 is 51.9 Å². The number of non-ortho nitro benzene ring substituents is 1. The molecule has 1 unspecified atom stereocenters. The number of amides is 1. The minimum Gasteiger partial charge on any atom is -0.459 e. The van der Waals surface area contributed by atoms with Crippen LogP contribution in [0, 0.1) is 17.0 Å². The molecule has 0 fully saturated rings. The molecule has 9 nitrogen and oxygen atoms in total. The summed E-state index contributed by atoms with van der Waals surface area (Å²) in [5.74, 6) is -0.788. The number of hydrogen-bond acceptors (Lipinski definition) is 8. The Morgan fingerprint density at radius 1 is 1.24 bits per heavy atom. The van der Waals surface area contributed by atoms with E-state index in [4.69, 9.17) is 20.8 Å². The molecule has 1 aromatic heterocycles. The number of esters is 1. The Morgan fingerprint density at radius 2 is 2.00 bits per heavy atom. The fraction of sp³-hybridized carbons (Fsp3) is 0.261. The molecule has 0 saturated heterocycles. The van der Waals surface area contributed by atoms with Gasteiger partial charge in [0.05, 0.1) is 15.5 Å². The third kappa shape index (κ3) is 6.15. The number of fused-ring (bicyclic) bond motifs is 1. The van der Waals surface area contributed by atoms with Gasteiger partial charge in [-0.1, -0.05) is 23.7 Å². The highest BCUT2D eigenvalue weighted by Crippen LogP contribution is 2.23. The number of nitrogens with one attached hydrogen (secondary N) is 1. The number of halogens is 1. The number of aryl methyl sites for hydroxylation is 1. The largest absolute Gasteiger partial charge is 0.459 e. The monoisotopic (exact) mass is 504 g/mol. The van der Waals surface area contributed by atoms with Gasteiger partial charge in [0, 0.05) is 29.1 Å². The second-order valence-electron chi connectivity index (χ2n) is 7.43. The minimum atomic E-state index is -0.986. The molecule has 0 aliphatic carbocycles. The van der Waals surface area contributed by atoms with Crippen LogP contribution in [0.15, 0.2) is 51.7 Å². The summed E-state index contributed by atoms with van der Waals surface area (Å²) in [5.41, 5.74) is 0.955. The lowest BCUT2D eigenvalue weighted by molar-refractivity contribution is -0.384. The van der Waals surface area contributed by atoms with Crippen LogP contribution in [0.3, 0.4) is 0 Å². The third-order valence-corrected chi connectivity index (χ3v) is 5.92. The molecule has 0 radical (unpaired) electrons. The van der Waals surface area contributed by atoms with Crippen molar-refractivity contribution in [3.8, 4) is 0 Å². The Hall–Kier alpha value is -3.37. The molecule has 1 heterocycles. The van der Waals surface area contributed by atoms with Gasteiger partial charge in [0.1, 0.15) is 18.2 Å². The summed E-state index contributed by atoms with van der Waals surface area (Å²) < 4.78 is 10.6. The number of ether oxygens (including phenoxy) is 1. The maximum Gasteiger partial charge on any atom is 0.336 e. The standard InChI is InChI=1S/C23H21ClN2O7S/c1-13-3-5-16-14(10-21(27)33-20(16)9-13)12-32-23(29)19(7-8-34-2)25-22(28)17-6-4-15(26(30)31)11-18(17)24/h3-6,9-11,19H,7-8,12H2,1-2H3,(H,25,28). The van der Waals surface area contributed by atoms with Crippen LogP contribution in [0.4, 0.5) is 5.69 Å².